The first-order chi connectivity index (χ1) is 10.7. The summed E-state index contributed by atoms with van der Waals surface area (Å²) in [6.07, 6.45) is -0.719. The van der Waals surface area contributed by atoms with Crippen molar-refractivity contribution in [3.05, 3.63) is 71.8 Å². The summed E-state index contributed by atoms with van der Waals surface area (Å²) in [5.41, 5.74) is 2.03. The zero-order valence-corrected chi connectivity index (χ0v) is 12.3. The number of rotatable bonds is 4. The van der Waals surface area contributed by atoms with Gasteiger partial charge in [-0.1, -0.05) is 60.7 Å². The Morgan fingerprint density at radius 1 is 1.05 bits per heavy atom. The van der Waals surface area contributed by atoms with Gasteiger partial charge in [-0.25, -0.2) is 0 Å². The average Bonchev–Trinajstić information content (AvgIpc) is 2.55. The number of ether oxygens (including phenoxy) is 1. The lowest BCUT2D eigenvalue weighted by Gasteiger charge is -2.46. The fourth-order valence-electron chi connectivity index (χ4n) is 2.77. The van der Waals surface area contributed by atoms with Crippen LogP contribution in [0.15, 0.2) is 60.7 Å². The first-order valence-electron chi connectivity index (χ1n) is 7.23. The molecule has 1 heterocycles. The van der Waals surface area contributed by atoms with Crippen molar-refractivity contribution in [3.63, 3.8) is 0 Å². The summed E-state index contributed by atoms with van der Waals surface area (Å²) in [7, 11) is 0. The lowest BCUT2D eigenvalue weighted by molar-refractivity contribution is -0.183. The zero-order valence-electron chi connectivity index (χ0n) is 12.3. The van der Waals surface area contributed by atoms with E-state index in [0.29, 0.717) is 6.54 Å². The highest BCUT2D eigenvalue weighted by Gasteiger charge is 2.50. The second-order valence-electron chi connectivity index (χ2n) is 5.34. The molecule has 4 heteroatoms. The summed E-state index contributed by atoms with van der Waals surface area (Å²) in [5, 5.41) is 0. The first-order valence-corrected chi connectivity index (χ1v) is 7.23. The second-order valence-corrected chi connectivity index (χ2v) is 5.34. The number of hydrogen-bond donors (Lipinski definition) is 0. The van der Waals surface area contributed by atoms with Crippen molar-refractivity contribution in [1.82, 2.24) is 4.90 Å². The van der Waals surface area contributed by atoms with Gasteiger partial charge in [-0.2, -0.15) is 0 Å². The van der Waals surface area contributed by atoms with Gasteiger partial charge in [0.15, 0.2) is 0 Å². The highest BCUT2D eigenvalue weighted by atomic mass is 16.6. The molecule has 2 aromatic carbocycles. The minimum Gasteiger partial charge on any atom is -0.450 e. The number of nitrogens with zero attached hydrogens (tertiary/aromatic N) is 1. The molecule has 2 atom stereocenters. The van der Waals surface area contributed by atoms with E-state index in [-0.39, 0.29) is 11.9 Å². The van der Waals surface area contributed by atoms with Gasteiger partial charge in [0.1, 0.15) is 6.04 Å². The Labute approximate surface area is 129 Å². The maximum atomic E-state index is 12.3. The van der Waals surface area contributed by atoms with Gasteiger partial charge in [-0.05, 0) is 11.1 Å². The molecule has 0 spiro atoms. The maximum Gasteiger partial charge on any atom is 0.303 e. The van der Waals surface area contributed by atoms with Gasteiger partial charge in [0, 0.05) is 13.5 Å². The molecule has 0 aromatic heterocycles. The van der Waals surface area contributed by atoms with Crippen LogP contribution in [0.3, 0.4) is 0 Å². The number of hydrogen-bond acceptors (Lipinski definition) is 3. The number of carbonyl (C=O) groups is 2. The van der Waals surface area contributed by atoms with Crippen molar-refractivity contribution < 1.29 is 14.3 Å². The third-order valence-corrected chi connectivity index (χ3v) is 3.78. The van der Waals surface area contributed by atoms with Gasteiger partial charge < -0.3 is 9.64 Å². The third-order valence-electron chi connectivity index (χ3n) is 3.78. The summed E-state index contributed by atoms with van der Waals surface area (Å²) in [6.45, 7) is 1.84. The fourth-order valence-corrected chi connectivity index (χ4v) is 2.77. The number of carbonyl (C=O) groups excluding carboxylic acids is 2. The highest BCUT2D eigenvalue weighted by molar-refractivity contribution is 5.90. The molecule has 1 aliphatic heterocycles. The van der Waals surface area contributed by atoms with E-state index < -0.39 is 12.1 Å². The van der Waals surface area contributed by atoms with E-state index in [4.69, 9.17) is 4.74 Å². The van der Waals surface area contributed by atoms with Crippen molar-refractivity contribution in [2.75, 3.05) is 0 Å². The molecule has 0 unspecified atom stereocenters. The summed E-state index contributed by atoms with van der Waals surface area (Å²) in [5.74, 6) is -0.577. The number of β-lactam (4-membered cyclic amide) rings is 1. The molecule has 4 nitrogen and oxygen atoms in total. The molecule has 1 saturated heterocycles. The van der Waals surface area contributed by atoms with E-state index in [1.807, 2.05) is 60.7 Å². The van der Waals surface area contributed by atoms with Crippen LogP contribution in [0.2, 0.25) is 0 Å². The lowest BCUT2D eigenvalue weighted by Crippen LogP contribution is -2.59. The minimum absolute atomic E-state index is 0.145. The van der Waals surface area contributed by atoms with Gasteiger partial charge in [-0.15, -0.1) is 0 Å². The molecule has 1 aliphatic rings. The van der Waals surface area contributed by atoms with E-state index in [1.54, 1.807) is 4.90 Å². The number of benzene rings is 2. The summed E-state index contributed by atoms with van der Waals surface area (Å²) >= 11 is 0. The number of likely N-dealkylation sites (tertiary alicyclic amines) is 1. The largest absolute Gasteiger partial charge is 0.450 e. The zero-order chi connectivity index (χ0) is 15.5. The Morgan fingerprint density at radius 2 is 1.64 bits per heavy atom. The first kappa shape index (κ1) is 14.3. The molecular formula is C18H17NO3. The lowest BCUT2D eigenvalue weighted by atomic mass is 9.90. The van der Waals surface area contributed by atoms with Crippen molar-refractivity contribution in [1.29, 1.82) is 0 Å². The van der Waals surface area contributed by atoms with Crippen molar-refractivity contribution >= 4 is 11.9 Å². The standard InChI is InChI=1S/C18H17NO3/c1-13(20)22-17-16(15-10-6-3-7-11-15)19(18(17)21)12-14-8-4-2-5-9-14/h2-11,16-17H,12H2,1H3/t16-,17+/m1/s1. The molecule has 0 bridgehead atoms. The topological polar surface area (TPSA) is 46.6 Å². The predicted octanol–water partition coefficient (Wildman–Crippen LogP) is 2.70. The maximum absolute atomic E-state index is 12.3. The number of amides is 1. The third kappa shape index (κ3) is 2.72. The van der Waals surface area contributed by atoms with Gasteiger partial charge in [0.25, 0.3) is 5.91 Å². The SMILES string of the molecule is CC(=O)O[C@@H]1C(=O)N(Cc2ccccc2)[C@@H]1c1ccccc1. The van der Waals surface area contributed by atoms with Gasteiger partial charge in [0.05, 0.1) is 0 Å². The van der Waals surface area contributed by atoms with Gasteiger partial charge in [0.2, 0.25) is 6.10 Å². The molecule has 0 saturated carbocycles. The summed E-state index contributed by atoms with van der Waals surface area (Å²) in [4.78, 5) is 25.3. The van der Waals surface area contributed by atoms with E-state index in [1.165, 1.54) is 6.92 Å². The second kappa shape index (κ2) is 6.02. The molecule has 112 valence electrons. The Hall–Kier alpha value is -2.62. The van der Waals surface area contributed by atoms with Crippen molar-refractivity contribution in [2.24, 2.45) is 0 Å². The fraction of sp³-hybridized carbons (Fsp3) is 0.222. The van der Waals surface area contributed by atoms with Crippen LogP contribution in [0.25, 0.3) is 0 Å². The van der Waals surface area contributed by atoms with Crippen LogP contribution in [0.1, 0.15) is 24.1 Å². The van der Waals surface area contributed by atoms with Crippen molar-refractivity contribution in [3.8, 4) is 0 Å². The molecule has 0 radical (unpaired) electrons. The van der Waals surface area contributed by atoms with Crippen LogP contribution >= 0.6 is 0 Å². The van der Waals surface area contributed by atoms with E-state index in [9.17, 15) is 9.59 Å². The Kier molecular flexibility index (Phi) is 3.92. The van der Waals surface area contributed by atoms with Crippen LogP contribution in [0.5, 0.6) is 0 Å². The molecule has 0 aliphatic carbocycles. The monoisotopic (exact) mass is 295 g/mol. The molecule has 2 aromatic rings. The van der Waals surface area contributed by atoms with E-state index in [0.717, 1.165) is 11.1 Å². The smallest absolute Gasteiger partial charge is 0.303 e. The van der Waals surface area contributed by atoms with Gasteiger partial charge in [-0.3, -0.25) is 9.59 Å². The average molecular weight is 295 g/mol. The molecule has 22 heavy (non-hydrogen) atoms. The Bertz CT molecular complexity index is 669. The van der Waals surface area contributed by atoms with Crippen LogP contribution in [-0.2, 0) is 20.9 Å². The predicted molar refractivity (Wildman–Crippen MR) is 81.7 cm³/mol. The quantitative estimate of drug-likeness (QED) is 0.643. The molecular weight excluding hydrogens is 278 g/mol. The van der Waals surface area contributed by atoms with Crippen LogP contribution in [-0.4, -0.2) is 22.9 Å². The molecule has 0 N–H and O–H groups in total. The van der Waals surface area contributed by atoms with Crippen molar-refractivity contribution in [2.45, 2.75) is 25.6 Å². The van der Waals surface area contributed by atoms with Gasteiger partial charge >= 0.3 is 5.97 Å². The minimum atomic E-state index is -0.719. The van der Waals surface area contributed by atoms with Crippen LogP contribution < -0.4 is 0 Å². The molecule has 1 fully saturated rings. The Morgan fingerprint density at radius 3 is 2.23 bits per heavy atom. The summed E-state index contributed by atoms with van der Waals surface area (Å²) in [6, 6.07) is 19.2. The molecule has 3 rings (SSSR count). The number of esters is 1. The highest BCUT2D eigenvalue weighted by Crippen LogP contribution is 2.38. The van der Waals surface area contributed by atoms with Crippen LogP contribution in [0, 0.1) is 0 Å². The summed E-state index contributed by atoms with van der Waals surface area (Å²) < 4.78 is 5.20. The normalized spacial score (nSPS) is 20.4. The Balaban J connectivity index is 1.85. The van der Waals surface area contributed by atoms with E-state index in [2.05, 4.69) is 0 Å². The van der Waals surface area contributed by atoms with E-state index >= 15 is 0 Å². The molecule has 1 amide bonds. The van der Waals surface area contributed by atoms with Crippen LogP contribution in [0.4, 0.5) is 0 Å².